The van der Waals surface area contributed by atoms with E-state index in [1.807, 2.05) is 18.2 Å². The fourth-order valence-corrected chi connectivity index (χ4v) is 5.39. The molecule has 1 atom stereocenters. The summed E-state index contributed by atoms with van der Waals surface area (Å²) >= 11 is 0. The molecule has 3 aliphatic rings. The van der Waals surface area contributed by atoms with Crippen LogP contribution in [-0.4, -0.2) is 55.1 Å². The lowest BCUT2D eigenvalue weighted by Crippen LogP contribution is -2.26. The molecule has 1 saturated carbocycles. The SMILES string of the molecule is Oc1ccc2c(c1)OCCC(c1ccc(OC3CC3)cc1)=C2c1ccc(O[C@H]2CCN(CCCF)C2)cc1. The molecule has 0 bridgehead atoms. The molecule has 1 aliphatic carbocycles. The van der Waals surface area contributed by atoms with Crippen LogP contribution in [0.15, 0.2) is 66.7 Å². The van der Waals surface area contributed by atoms with Crippen LogP contribution in [0.25, 0.3) is 11.1 Å². The molecule has 6 rings (SSSR count). The van der Waals surface area contributed by atoms with Gasteiger partial charge in [-0.3, -0.25) is 9.29 Å². The Balaban J connectivity index is 1.29. The van der Waals surface area contributed by atoms with Gasteiger partial charge in [-0.15, -0.1) is 0 Å². The second-order valence-electron chi connectivity index (χ2n) is 10.4. The maximum atomic E-state index is 12.5. The number of phenols is 1. The molecule has 1 saturated heterocycles. The van der Waals surface area contributed by atoms with E-state index in [1.165, 1.54) is 5.57 Å². The van der Waals surface area contributed by atoms with Crippen LogP contribution in [0, 0.1) is 0 Å². The predicted molar refractivity (Wildman–Crippen MR) is 147 cm³/mol. The molecule has 38 heavy (non-hydrogen) atoms. The van der Waals surface area contributed by atoms with E-state index in [2.05, 4.69) is 41.3 Å². The first-order valence-corrected chi connectivity index (χ1v) is 13.7. The zero-order valence-corrected chi connectivity index (χ0v) is 21.6. The van der Waals surface area contributed by atoms with E-state index in [1.54, 1.807) is 12.1 Å². The highest BCUT2D eigenvalue weighted by molar-refractivity contribution is 6.00. The first-order valence-electron chi connectivity index (χ1n) is 13.7. The monoisotopic (exact) mass is 515 g/mol. The first kappa shape index (κ1) is 24.8. The average molecular weight is 516 g/mol. The van der Waals surface area contributed by atoms with E-state index in [-0.39, 0.29) is 18.5 Å². The van der Waals surface area contributed by atoms with Crippen LogP contribution < -0.4 is 14.2 Å². The lowest BCUT2D eigenvalue weighted by Gasteiger charge is -2.18. The Morgan fingerprint density at radius 2 is 1.58 bits per heavy atom. The van der Waals surface area contributed by atoms with E-state index < -0.39 is 0 Å². The van der Waals surface area contributed by atoms with Gasteiger partial charge in [-0.1, -0.05) is 24.3 Å². The number of hydrogen-bond donors (Lipinski definition) is 1. The van der Waals surface area contributed by atoms with Crippen LogP contribution in [0.2, 0.25) is 0 Å². The molecule has 0 amide bonds. The molecule has 2 heterocycles. The molecule has 0 aromatic heterocycles. The summed E-state index contributed by atoms with van der Waals surface area (Å²) in [5, 5.41) is 10.1. The van der Waals surface area contributed by atoms with Crippen molar-refractivity contribution in [3.63, 3.8) is 0 Å². The summed E-state index contributed by atoms with van der Waals surface area (Å²) in [7, 11) is 0. The van der Waals surface area contributed by atoms with E-state index >= 15 is 0 Å². The van der Waals surface area contributed by atoms with Crippen molar-refractivity contribution in [2.24, 2.45) is 0 Å². The van der Waals surface area contributed by atoms with Crippen molar-refractivity contribution in [3.8, 4) is 23.0 Å². The van der Waals surface area contributed by atoms with Crippen LogP contribution in [0.1, 0.15) is 48.8 Å². The minimum atomic E-state index is -0.270. The van der Waals surface area contributed by atoms with Crippen molar-refractivity contribution in [2.75, 3.05) is 32.9 Å². The quantitative estimate of drug-likeness (QED) is 0.353. The van der Waals surface area contributed by atoms with Gasteiger partial charge in [0.25, 0.3) is 0 Å². The number of ether oxygens (including phenoxy) is 3. The van der Waals surface area contributed by atoms with Gasteiger partial charge in [0.2, 0.25) is 0 Å². The highest BCUT2D eigenvalue weighted by Gasteiger charge is 2.26. The third-order valence-electron chi connectivity index (χ3n) is 7.46. The molecule has 1 N–H and O–H groups in total. The van der Waals surface area contributed by atoms with Crippen LogP contribution in [0.3, 0.4) is 0 Å². The molecule has 198 valence electrons. The maximum Gasteiger partial charge on any atom is 0.130 e. The Morgan fingerprint density at radius 1 is 0.868 bits per heavy atom. The number of aromatic hydroxyl groups is 1. The van der Waals surface area contributed by atoms with Crippen molar-refractivity contribution in [1.82, 2.24) is 4.90 Å². The van der Waals surface area contributed by atoms with E-state index in [0.29, 0.717) is 24.9 Å². The van der Waals surface area contributed by atoms with Crippen LogP contribution >= 0.6 is 0 Å². The minimum absolute atomic E-state index is 0.126. The van der Waals surface area contributed by atoms with Gasteiger partial charge in [0.15, 0.2) is 0 Å². The Morgan fingerprint density at radius 3 is 2.29 bits per heavy atom. The zero-order valence-electron chi connectivity index (χ0n) is 21.6. The summed E-state index contributed by atoms with van der Waals surface area (Å²) in [6, 6.07) is 22.0. The molecule has 0 unspecified atom stereocenters. The number of nitrogens with zero attached hydrogens (tertiary/aromatic N) is 1. The van der Waals surface area contributed by atoms with E-state index in [4.69, 9.17) is 14.2 Å². The normalized spacial score (nSPS) is 19.6. The van der Waals surface area contributed by atoms with Crippen molar-refractivity contribution >= 4 is 11.1 Å². The molecule has 5 nitrogen and oxygen atoms in total. The molecule has 3 aromatic rings. The van der Waals surface area contributed by atoms with E-state index in [9.17, 15) is 9.50 Å². The summed E-state index contributed by atoms with van der Waals surface area (Å²) in [6.45, 7) is 2.83. The van der Waals surface area contributed by atoms with Crippen LogP contribution in [-0.2, 0) is 0 Å². The standard InChI is InChI=1S/C32H34FNO4/c33-16-1-17-34-18-14-28(21-34)38-26-9-4-23(5-10-26)32-29(15-19-36-31-20-24(35)6-13-30(31)32)22-2-7-25(8-3-22)37-27-11-12-27/h2-10,13,20,27-28,35H,1,11-12,14-19,21H2/t28-/m0/s1. The molecule has 0 spiro atoms. The summed E-state index contributed by atoms with van der Waals surface area (Å²) in [5.41, 5.74) is 5.45. The lowest BCUT2D eigenvalue weighted by molar-refractivity contribution is 0.198. The Labute approximate surface area is 223 Å². The molecular weight excluding hydrogens is 481 g/mol. The molecule has 2 aliphatic heterocycles. The zero-order chi connectivity index (χ0) is 25.9. The highest BCUT2D eigenvalue weighted by Crippen LogP contribution is 2.43. The van der Waals surface area contributed by atoms with E-state index in [0.717, 1.165) is 79.1 Å². The van der Waals surface area contributed by atoms with Gasteiger partial charge in [0.05, 0.1) is 19.4 Å². The average Bonchev–Trinajstić information content (AvgIpc) is 3.68. The summed E-state index contributed by atoms with van der Waals surface area (Å²) in [6.07, 6.45) is 5.04. The minimum Gasteiger partial charge on any atom is -0.508 e. The summed E-state index contributed by atoms with van der Waals surface area (Å²) in [4.78, 5) is 2.27. The topological polar surface area (TPSA) is 51.2 Å². The molecule has 2 fully saturated rings. The second-order valence-corrected chi connectivity index (χ2v) is 10.4. The number of benzene rings is 3. The molecule has 6 heteroatoms. The fraction of sp³-hybridized carbons (Fsp3) is 0.375. The van der Waals surface area contributed by atoms with Gasteiger partial charge in [-0.05, 0) is 84.4 Å². The van der Waals surface area contributed by atoms with Crippen molar-refractivity contribution in [1.29, 1.82) is 0 Å². The second kappa shape index (κ2) is 11.1. The van der Waals surface area contributed by atoms with Crippen LogP contribution in [0.5, 0.6) is 23.0 Å². The number of fused-ring (bicyclic) bond motifs is 1. The molecule has 3 aromatic carbocycles. The van der Waals surface area contributed by atoms with Crippen LogP contribution in [0.4, 0.5) is 4.39 Å². The van der Waals surface area contributed by atoms with Gasteiger partial charge < -0.3 is 19.3 Å². The largest absolute Gasteiger partial charge is 0.508 e. The third kappa shape index (κ3) is 5.65. The van der Waals surface area contributed by atoms with Gasteiger partial charge in [0.1, 0.15) is 29.1 Å². The predicted octanol–water partition coefficient (Wildman–Crippen LogP) is 6.49. The van der Waals surface area contributed by atoms with Gasteiger partial charge in [0, 0.05) is 37.7 Å². The number of hydrogen-bond acceptors (Lipinski definition) is 5. The smallest absolute Gasteiger partial charge is 0.130 e. The Bertz CT molecular complexity index is 1280. The third-order valence-corrected chi connectivity index (χ3v) is 7.46. The number of rotatable bonds is 9. The van der Waals surface area contributed by atoms with Crippen molar-refractivity contribution in [3.05, 3.63) is 83.4 Å². The number of alkyl halides is 1. The summed E-state index contributed by atoms with van der Waals surface area (Å²) in [5.74, 6) is 2.62. The first-order chi connectivity index (χ1) is 18.7. The Kier molecular flexibility index (Phi) is 7.23. The highest BCUT2D eigenvalue weighted by atomic mass is 19.1. The molecular formula is C32H34FNO4. The number of phenolic OH excluding ortho intramolecular Hbond substituents is 1. The molecule has 0 radical (unpaired) electrons. The van der Waals surface area contributed by atoms with Crippen molar-refractivity contribution < 1.29 is 23.7 Å². The number of likely N-dealkylation sites (tertiary alicyclic amines) is 1. The van der Waals surface area contributed by atoms with Gasteiger partial charge in [-0.2, -0.15) is 0 Å². The van der Waals surface area contributed by atoms with Gasteiger partial charge >= 0.3 is 0 Å². The lowest BCUT2D eigenvalue weighted by atomic mass is 9.88. The number of halogens is 1. The maximum absolute atomic E-state index is 12.5. The summed E-state index contributed by atoms with van der Waals surface area (Å²) < 4.78 is 30.9. The van der Waals surface area contributed by atoms with Gasteiger partial charge in [-0.25, -0.2) is 0 Å². The Hall–Kier alpha value is -3.51. The fourth-order valence-electron chi connectivity index (χ4n) is 5.39. The van der Waals surface area contributed by atoms with Crippen molar-refractivity contribution in [2.45, 2.75) is 44.3 Å².